The monoisotopic (exact) mass is 578 g/mol. The maximum Gasteiger partial charge on any atom is 0.337 e. The summed E-state index contributed by atoms with van der Waals surface area (Å²) in [7, 11) is 3.01. The highest BCUT2D eigenvalue weighted by Gasteiger charge is 2.30. The molecule has 0 spiro atoms. The van der Waals surface area contributed by atoms with Gasteiger partial charge in [0.05, 0.1) is 33.4 Å². The van der Waals surface area contributed by atoms with E-state index in [0.29, 0.717) is 46.0 Å². The molecule has 1 aliphatic rings. The first-order valence-electron chi connectivity index (χ1n) is 10.0. The van der Waals surface area contributed by atoms with Crippen LogP contribution in [0.5, 0.6) is 11.5 Å². The summed E-state index contributed by atoms with van der Waals surface area (Å²) in [5.74, 6) is 0.704. The van der Waals surface area contributed by atoms with Crippen molar-refractivity contribution in [2.75, 3.05) is 27.4 Å². The number of carbonyl (C=O) groups is 2. The van der Waals surface area contributed by atoms with Crippen molar-refractivity contribution in [3.63, 3.8) is 0 Å². The number of esters is 1. The van der Waals surface area contributed by atoms with Crippen LogP contribution in [0.4, 0.5) is 5.69 Å². The number of aliphatic imine (C=N–C) groups is 1. The fourth-order valence-corrected chi connectivity index (χ4v) is 4.69. The van der Waals surface area contributed by atoms with E-state index in [2.05, 4.69) is 34.2 Å². The Labute approximate surface area is 210 Å². The van der Waals surface area contributed by atoms with Gasteiger partial charge in [-0.15, -0.1) is 0 Å². The number of benzene rings is 2. The molecule has 172 valence electrons. The molecule has 0 bridgehead atoms. The van der Waals surface area contributed by atoms with Crippen molar-refractivity contribution in [3.8, 4) is 11.5 Å². The Bertz CT molecular complexity index is 1130. The van der Waals surface area contributed by atoms with Crippen molar-refractivity contribution in [1.82, 2.24) is 4.90 Å². The Hall–Kier alpha value is -2.79. The first-order chi connectivity index (χ1) is 15.9. The maximum absolute atomic E-state index is 12.8. The van der Waals surface area contributed by atoms with Gasteiger partial charge >= 0.3 is 5.97 Å². The molecule has 1 heterocycles. The van der Waals surface area contributed by atoms with Gasteiger partial charge < -0.3 is 14.2 Å². The Morgan fingerprint density at radius 2 is 1.97 bits per heavy atom. The lowest BCUT2D eigenvalue weighted by Crippen LogP contribution is -2.23. The molecule has 0 unspecified atom stereocenters. The van der Waals surface area contributed by atoms with E-state index in [4.69, 9.17) is 14.2 Å². The van der Waals surface area contributed by atoms with E-state index < -0.39 is 5.97 Å². The van der Waals surface area contributed by atoms with Crippen molar-refractivity contribution < 1.29 is 23.8 Å². The zero-order chi connectivity index (χ0) is 24.0. The number of halogens is 1. The molecule has 1 aliphatic heterocycles. The highest BCUT2D eigenvalue weighted by molar-refractivity contribution is 14.1. The van der Waals surface area contributed by atoms with Gasteiger partial charge in [0.25, 0.3) is 5.91 Å². The minimum absolute atomic E-state index is 0.148. The first kappa shape index (κ1) is 24.8. The topological polar surface area (TPSA) is 77.4 Å². The minimum atomic E-state index is -0.413. The predicted octanol–water partition coefficient (Wildman–Crippen LogP) is 5.28. The normalized spacial score (nSPS) is 15.8. The van der Waals surface area contributed by atoms with Crippen molar-refractivity contribution in [3.05, 3.63) is 68.7 Å². The number of thioether (sulfide) groups is 1. The van der Waals surface area contributed by atoms with Crippen molar-refractivity contribution in [2.24, 2.45) is 4.99 Å². The second-order valence-corrected chi connectivity index (χ2v) is 8.94. The third-order valence-corrected chi connectivity index (χ3v) is 6.35. The van der Waals surface area contributed by atoms with Crippen LogP contribution in [0, 0.1) is 3.57 Å². The van der Waals surface area contributed by atoms with E-state index in [1.807, 2.05) is 25.1 Å². The number of likely N-dealkylation sites (N-methyl/N-ethyl adjacent to an activating group) is 1. The van der Waals surface area contributed by atoms with Crippen LogP contribution in [0.25, 0.3) is 6.08 Å². The Balaban J connectivity index is 1.88. The highest BCUT2D eigenvalue weighted by atomic mass is 127. The van der Waals surface area contributed by atoms with Crippen LogP contribution >= 0.6 is 34.4 Å². The smallest absolute Gasteiger partial charge is 0.337 e. The average molecular weight is 578 g/mol. The fraction of sp³-hybridized carbons (Fsp3) is 0.208. The second-order valence-electron chi connectivity index (χ2n) is 6.77. The number of amides is 1. The lowest BCUT2D eigenvalue weighted by Gasteiger charge is -2.13. The van der Waals surface area contributed by atoms with Crippen LogP contribution < -0.4 is 9.47 Å². The summed E-state index contributed by atoms with van der Waals surface area (Å²) in [4.78, 5) is 31.0. The lowest BCUT2D eigenvalue weighted by molar-refractivity contribution is -0.121. The third-order valence-electron chi connectivity index (χ3n) is 4.49. The number of rotatable bonds is 8. The summed E-state index contributed by atoms with van der Waals surface area (Å²) >= 11 is 3.47. The van der Waals surface area contributed by atoms with Gasteiger partial charge in [-0.05, 0) is 89.3 Å². The summed E-state index contributed by atoms with van der Waals surface area (Å²) in [6.07, 6.45) is 3.49. The molecule has 2 aromatic carbocycles. The molecule has 0 radical (unpaired) electrons. The summed E-state index contributed by atoms with van der Waals surface area (Å²) < 4.78 is 17.1. The molecule has 33 heavy (non-hydrogen) atoms. The van der Waals surface area contributed by atoms with Gasteiger partial charge in [-0.1, -0.05) is 12.7 Å². The van der Waals surface area contributed by atoms with Crippen LogP contribution in [0.15, 0.2) is 59.0 Å². The first-order valence-corrected chi connectivity index (χ1v) is 11.9. The van der Waals surface area contributed by atoms with Crippen molar-refractivity contribution in [1.29, 1.82) is 0 Å². The zero-order valence-electron chi connectivity index (χ0n) is 18.5. The number of nitrogens with zero attached hydrogens (tertiary/aromatic N) is 2. The van der Waals surface area contributed by atoms with Crippen molar-refractivity contribution >= 4 is 63.2 Å². The van der Waals surface area contributed by atoms with Crippen LogP contribution in [0.3, 0.4) is 0 Å². The molecule has 1 fully saturated rings. The maximum atomic E-state index is 12.8. The summed E-state index contributed by atoms with van der Waals surface area (Å²) in [6, 6.07) is 10.5. The number of hydrogen-bond donors (Lipinski definition) is 0. The zero-order valence-corrected chi connectivity index (χ0v) is 21.4. The van der Waals surface area contributed by atoms with Crippen molar-refractivity contribution in [2.45, 2.75) is 6.92 Å². The van der Waals surface area contributed by atoms with Gasteiger partial charge in [-0.3, -0.25) is 9.69 Å². The molecule has 7 nitrogen and oxygen atoms in total. The molecule has 0 aliphatic carbocycles. The number of ether oxygens (including phenoxy) is 3. The van der Waals surface area contributed by atoms with E-state index in [1.165, 1.54) is 23.8 Å². The lowest BCUT2D eigenvalue weighted by atomic mass is 10.2. The molecule has 0 aromatic heterocycles. The van der Waals surface area contributed by atoms with Crippen LogP contribution in [-0.4, -0.2) is 49.3 Å². The molecular formula is C24H23IN2O5S. The Morgan fingerprint density at radius 3 is 2.61 bits per heavy atom. The Kier molecular flexibility index (Phi) is 8.56. The van der Waals surface area contributed by atoms with Gasteiger partial charge in [0, 0.05) is 7.05 Å². The molecule has 1 saturated heterocycles. The number of amidine groups is 1. The third kappa shape index (κ3) is 5.97. The van der Waals surface area contributed by atoms with Gasteiger partial charge in [0.15, 0.2) is 16.7 Å². The van der Waals surface area contributed by atoms with E-state index in [9.17, 15) is 9.59 Å². The molecule has 3 rings (SSSR count). The minimum Gasteiger partial charge on any atom is -0.490 e. The van der Waals surface area contributed by atoms with Gasteiger partial charge in [-0.25, -0.2) is 9.79 Å². The second kappa shape index (κ2) is 11.4. The van der Waals surface area contributed by atoms with Crippen LogP contribution in [-0.2, 0) is 9.53 Å². The fourth-order valence-electron chi connectivity index (χ4n) is 2.92. The molecule has 0 atom stereocenters. The van der Waals surface area contributed by atoms with Gasteiger partial charge in [-0.2, -0.15) is 0 Å². The van der Waals surface area contributed by atoms with Gasteiger partial charge in [0.2, 0.25) is 0 Å². The summed E-state index contributed by atoms with van der Waals surface area (Å²) in [5, 5.41) is 0.544. The molecular weight excluding hydrogens is 555 g/mol. The molecule has 9 heteroatoms. The van der Waals surface area contributed by atoms with E-state index in [1.54, 1.807) is 37.4 Å². The van der Waals surface area contributed by atoms with E-state index >= 15 is 0 Å². The standard InChI is InChI=1S/C24H23IN2O5S/c1-5-11-32-21-18(25)12-15(13-19(21)31-6-2)14-20-22(28)27(3)24(33-20)26-17-9-7-16(8-10-17)23(29)30-4/h5,7-10,12-14H,1,6,11H2,2-4H3/b20-14-,26-24?. The highest BCUT2D eigenvalue weighted by Crippen LogP contribution is 2.37. The quantitative estimate of drug-likeness (QED) is 0.184. The number of methoxy groups -OCH3 is 1. The van der Waals surface area contributed by atoms with Gasteiger partial charge in [0.1, 0.15) is 6.61 Å². The van der Waals surface area contributed by atoms with Crippen LogP contribution in [0.1, 0.15) is 22.8 Å². The van der Waals surface area contributed by atoms with E-state index in [-0.39, 0.29) is 5.91 Å². The summed E-state index contributed by atoms with van der Waals surface area (Å²) in [6.45, 7) is 6.44. The predicted molar refractivity (Wildman–Crippen MR) is 139 cm³/mol. The SMILES string of the molecule is C=CCOc1c(I)cc(/C=C2\SC(=Nc3ccc(C(=O)OC)cc3)N(C)C2=O)cc1OCC. The largest absolute Gasteiger partial charge is 0.490 e. The molecule has 0 N–H and O–H groups in total. The number of hydrogen-bond acceptors (Lipinski definition) is 7. The average Bonchev–Trinajstić information content (AvgIpc) is 3.06. The number of carbonyl (C=O) groups excluding carboxylic acids is 2. The molecule has 1 amide bonds. The molecule has 2 aromatic rings. The summed E-state index contributed by atoms with van der Waals surface area (Å²) in [5.41, 5.74) is 1.88. The Morgan fingerprint density at radius 1 is 1.24 bits per heavy atom. The molecule has 0 saturated carbocycles. The van der Waals surface area contributed by atoms with E-state index in [0.717, 1.165) is 9.13 Å². The van der Waals surface area contributed by atoms with Crippen LogP contribution in [0.2, 0.25) is 0 Å².